The number of halogens is 2. The second-order valence-electron chi connectivity index (χ2n) is 4.15. The van der Waals surface area contributed by atoms with Crippen molar-refractivity contribution in [3.63, 3.8) is 0 Å². The minimum Gasteiger partial charge on any atom is -0.494 e. The number of benzene rings is 2. The average molecular weight is 341 g/mol. The third-order valence-corrected chi connectivity index (χ3v) is 3.66. The summed E-state index contributed by atoms with van der Waals surface area (Å²) in [6.07, 6.45) is 0. The molecule has 0 fully saturated rings. The summed E-state index contributed by atoms with van der Waals surface area (Å²) in [7, 11) is 0. The Morgan fingerprint density at radius 3 is 2.79 bits per heavy atom. The first-order valence-corrected chi connectivity index (χ1v) is 7.22. The van der Waals surface area contributed by atoms with Crippen molar-refractivity contribution in [2.24, 2.45) is 5.73 Å². The predicted molar refractivity (Wildman–Crippen MR) is 82.8 cm³/mol. The predicted octanol–water partition coefficient (Wildman–Crippen LogP) is 4.55. The largest absolute Gasteiger partial charge is 0.494 e. The van der Waals surface area contributed by atoms with E-state index in [1.165, 1.54) is 0 Å². The lowest BCUT2D eigenvalue weighted by atomic mass is 9.99. The average Bonchev–Trinajstić information content (AvgIpc) is 2.41. The molecule has 0 saturated heterocycles. The lowest BCUT2D eigenvalue weighted by Crippen LogP contribution is -2.12. The Labute approximate surface area is 126 Å². The maximum atomic E-state index is 6.29. The maximum absolute atomic E-state index is 6.29. The molecule has 100 valence electrons. The van der Waals surface area contributed by atoms with Crippen molar-refractivity contribution in [2.45, 2.75) is 13.0 Å². The first-order valence-electron chi connectivity index (χ1n) is 6.05. The fraction of sp³-hybridized carbons (Fsp3) is 0.200. The van der Waals surface area contributed by atoms with E-state index < -0.39 is 0 Å². The number of nitrogens with two attached hydrogens (primary N) is 1. The van der Waals surface area contributed by atoms with Gasteiger partial charge in [0, 0.05) is 9.50 Å². The van der Waals surface area contributed by atoms with E-state index in [2.05, 4.69) is 15.9 Å². The van der Waals surface area contributed by atoms with E-state index in [-0.39, 0.29) is 6.04 Å². The van der Waals surface area contributed by atoms with Gasteiger partial charge < -0.3 is 10.5 Å². The van der Waals surface area contributed by atoms with Gasteiger partial charge >= 0.3 is 0 Å². The van der Waals surface area contributed by atoms with Crippen LogP contribution >= 0.6 is 27.5 Å². The summed E-state index contributed by atoms with van der Waals surface area (Å²) in [5, 5.41) is 0.664. The van der Waals surface area contributed by atoms with Crippen molar-refractivity contribution in [3.05, 3.63) is 63.1 Å². The molecule has 2 aromatic rings. The van der Waals surface area contributed by atoms with Crippen LogP contribution in [0.1, 0.15) is 24.1 Å². The van der Waals surface area contributed by atoms with Gasteiger partial charge in [-0.1, -0.05) is 39.7 Å². The Hall–Kier alpha value is -1.03. The van der Waals surface area contributed by atoms with Gasteiger partial charge in [-0.15, -0.1) is 0 Å². The smallest absolute Gasteiger partial charge is 0.119 e. The lowest BCUT2D eigenvalue weighted by molar-refractivity contribution is 0.340. The monoisotopic (exact) mass is 339 g/mol. The summed E-state index contributed by atoms with van der Waals surface area (Å²) in [6.45, 7) is 2.59. The van der Waals surface area contributed by atoms with E-state index in [0.29, 0.717) is 11.6 Å². The lowest BCUT2D eigenvalue weighted by Gasteiger charge is -2.15. The molecule has 0 aliphatic heterocycles. The highest BCUT2D eigenvalue weighted by Crippen LogP contribution is 2.30. The van der Waals surface area contributed by atoms with Gasteiger partial charge in [-0.25, -0.2) is 0 Å². The third kappa shape index (κ3) is 3.50. The summed E-state index contributed by atoms with van der Waals surface area (Å²) >= 11 is 9.65. The molecule has 2 aromatic carbocycles. The van der Waals surface area contributed by atoms with Gasteiger partial charge in [-0.3, -0.25) is 0 Å². The van der Waals surface area contributed by atoms with Crippen molar-refractivity contribution in [1.82, 2.24) is 0 Å². The molecule has 0 amide bonds. The number of rotatable bonds is 4. The second kappa shape index (κ2) is 6.42. The molecule has 0 aliphatic rings. The van der Waals surface area contributed by atoms with E-state index in [4.69, 9.17) is 22.1 Å². The third-order valence-electron chi connectivity index (χ3n) is 2.82. The fourth-order valence-corrected chi connectivity index (χ4v) is 2.51. The molecule has 0 heterocycles. The highest BCUT2D eigenvalue weighted by Gasteiger charge is 2.13. The molecule has 2 N–H and O–H groups in total. The van der Waals surface area contributed by atoms with Gasteiger partial charge in [-0.05, 0) is 48.4 Å². The minimum absolute atomic E-state index is 0.273. The Morgan fingerprint density at radius 1 is 1.26 bits per heavy atom. The fourth-order valence-electron chi connectivity index (χ4n) is 1.90. The van der Waals surface area contributed by atoms with Gasteiger partial charge in [0.15, 0.2) is 0 Å². The van der Waals surface area contributed by atoms with Crippen molar-refractivity contribution in [3.8, 4) is 5.75 Å². The molecule has 0 aromatic heterocycles. The summed E-state index contributed by atoms with van der Waals surface area (Å²) < 4.78 is 6.45. The zero-order chi connectivity index (χ0) is 13.8. The van der Waals surface area contributed by atoms with Crippen LogP contribution in [0.2, 0.25) is 5.02 Å². The van der Waals surface area contributed by atoms with Gasteiger partial charge in [-0.2, -0.15) is 0 Å². The Bertz CT molecular complexity index is 574. The molecule has 0 bridgehead atoms. The van der Waals surface area contributed by atoms with E-state index in [9.17, 15) is 0 Å². The Kier molecular flexibility index (Phi) is 4.86. The highest BCUT2D eigenvalue weighted by molar-refractivity contribution is 9.10. The molecule has 2 nitrogen and oxygen atoms in total. The first kappa shape index (κ1) is 14.4. The SMILES string of the molecule is CCOc1cccc(C(N)c2cc(Br)ccc2Cl)c1. The highest BCUT2D eigenvalue weighted by atomic mass is 79.9. The van der Waals surface area contributed by atoms with Crippen LogP contribution < -0.4 is 10.5 Å². The van der Waals surface area contributed by atoms with Crippen LogP contribution in [0, 0.1) is 0 Å². The van der Waals surface area contributed by atoms with E-state index in [0.717, 1.165) is 21.3 Å². The summed E-state index contributed by atoms with van der Waals surface area (Å²) in [4.78, 5) is 0. The van der Waals surface area contributed by atoms with Crippen molar-refractivity contribution in [2.75, 3.05) is 6.61 Å². The Balaban J connectivity index is 2.35. The van der Waals surface area contributed by atoms with Crippen LogP contribution in [-0.4, -0.2) is 6.61 Å². The normalized spacial score (nSPS) is 12.2. The van der Waals surface area contributed by atoms with Crippen molar-refractivity contribution >= 4 is 27.5 Å². The van der Waals surface area contributed by atoms with Gasteiger partial charge in [0.25, 0.3) is 0 Å². The van der Waals surface area contributed by atoms with E-state index in [1.807, 2.05) is 49.4 Å². The van der Waals surface area contributed by atoms with Crippen LogP contribution in [0.3, 0.4) is 0 Å². The number of hydrogen-bond donors (Lipinski definition) is 1. The molecule has 1 atom stereocenters. The zero-order valence-corrected chi connectivity index (χ0v) is 12.9. The molecular formula is C15H15BrClNO. The van der Waals surface area contributed by atoms with Gasteiger partial charge in [0.1, 0.15) is 5.75 Å². The van der Waals surface area contributed by atoms with E-state index >= 15 is 0 Å². The van der Waals surface area contributed by atoms with Crippen molar-refractivity contribution in [1.29, 1.82) is 0 Å². The zero-order valence-electron chi connectivity index (χ0n) is 10.6. The van der Waals surface area contributed by atoms with Gasteiger partial charge in [0.05, 0.1) is 12.6 Å². The second-order valence-corrected chi connectivity index (χ2v) is 5.47. The standard InChI is InChI=1S/C15H15BrClNO/c1-2-19-12-5-3-4-10(8-12)15(18)13-9-11(16)6-7-14(13)17/h3-9,15H,2,18H2,1H3. The van der Waals surface area contributed by atoms with Crippen LogP contribution in [0.25, 0.3) is 0 Å². The molecule has 2 rings (SSSR count). The minimum atomic E-state index is -0.273. The molecule has 0 radical (unpaired) electrons. The van der Waals surface area contributed by atoms with Crippen LogP contribution in [0.4, 0.5) is 0 Å². The number of ether oxygens (including phenoxy) is 1. The molecule has 1 unspecified atom stereocenters. The van der Waals surface area contributed by atoms with Gasteiger partial charge in [0.2, 0.25) is 0 Å². The van der Waals surface area contributed by atoms with Crippen LogP contribution in [-0.2, 0) is 0 Å². The van der Waals surface area contributed by atoms with Crippen LogP contribution in [0.5, 0.6) is 5.75 Å². The summed E-state index contributed by atoms with van der Waals surface area (Å²) in [6, 6.07) is 13.2. The quantitative estimate of drug-likeness (QED) is 0.886. The molecule has 0 spiro atoms. The topological polar surface area (TPSA) is 35.2 Å². The summed E-state index contributed by atoms with van der Waals surface area (Å²) in [5.74, 6) is 0.821. The van der Waals surface area contributed by atoms with Crippen LogP contribution in [0.15, 0.2) is 46.9 Å². The molecule has 4 heteroatoms. The molecule has 0 saturated carbocycles. The maximum Gasteiger partial charge on any atom is 0.119 e. The Morgan fingerprint density at radius 2 is 2.05 bits per heavy atom. The molecule has 19 heavy (non-hydrogen) atoms. The molecule has 0 aliphatic carbocycles. The first-order chi connectivity index (χ1) is 9.11. The number of hydrogen-bond acceptors (Lipinski definition) is 2. The van der Waals surface area contributed by atoms with Crippen molar-refractivity contribution < 1.29 is 4.74 Å². The molecular weight excluding hydrogens is 326 g/mol. The van der Waals surface area contributed by atoms with E-state index in [1.54, 1.807) is 0 Å². The summed E-state index contributed by atoms with van der Waals surface area (Å²) in [5.41, 5.74) is 8.16.